The lowest BCUT2D eigenvalue weighted by Gasteiger charge is -2.10. The third-order valence-corrected chi connectivity index (χ3v) is 3.81. The van der Waals surface area contributed by atoms with Crippen LogP contribution < -0.4 is 4.74 Å². The van der Waals surface area contributed by atoms with Gasteiger partial charge in [0.2, 0.25) is 0 Å². The molecule has 0 aromatic heterocycles. The van der Waals surface area contributed by atoms with Crippen molar-refractivity contribution in [3.8, 4) is 17.2 Å². The van der Waals surface area contributed by atoms with Gasteiger partial charge in [-0.05, 0) is 34.4 Å². The molecule has 106 valence electrons. The molecule has 2 nitrogen and oxygen atoms in total. The summed E-state index contributed by atoms with van der Waals surface area (Å²) in [5.74, 6) is 1.35. The molecule has 0 aliphatic heterocycles. The first kappa shape index (κ1) is 12.7. The zero-order chi connectivity index (χ0) is 14.9. The van der Waals surface area contributed by atoms with E-state index in [1.54, 1.807) is 6.07 Å². The highest BCUT2D eigenvalue weighted by Gasteiger charge is 2.08. The first-order chi connectivity index (χ1) is 10.8. The van der Waals surface area contributed by atoms with Crippen LogP contribution in [-0.4, -0.2) is 5.11 Å². The number of ether oxygens (including phenoxy) is 1. The Bertz CT molecular complexity index is 973. The monoisotopic (exact) mass is 286 g/mol. The van der Waals surface area contributed by atoms with Crippen LogP contribution in [0.3, 0.4) is 0 Å². The molecule has 0 bridgehead atoms. The van der Waals surface area contributed by atoms with Gasteiger partial charge in [-0.25, -0.2) is 0 Å². The van der Waals surface area contributed by atoms with Crippen LogP contribution in [-0.2, 0) is 0 Å². The topological polar surface area (TPSA) is 29.5 Å². The Balaban J connectivity index is 1.77. The van der Waals surface area contributed by atoms with Gasteiger partial charge in [-0.15, -0.1) is 0 Å². The fourth-order valence-corrected chi connectivity index (χ4v) is 2.68. The lowest BCUT2D eigenvalue weighted by molar-refractivity contribution is 0.416. The van der Waals surface area contributed by atoms with Crippen LogP contribution in [0.5, 0.6) is 17.2 Å². The van der Waals surface area contributed by atoms with Crippen LogP contribution in [0.15, 0.2) is 78.9 Å². The van der Waals surface area contributed by atoms with Crippen LogP contribution >= 0.6 is 0 Å². The van der Waals surface area contributed by atoms with Gasteiger partial charge in [-0.2, -0.15) is 0 Å². The van der Waals surface area contributed by atoms with E-state index < -0.39 is 0 Å². The van der Waals surface area contributed by atoms with Crippen molar-refractivity contribution >= 4 is 21.5 Å². The number of rotatable bonds is 2. The second-order valence-corrected chi connectivity index (χ2v) is 5.24. The highest BCUT2D eigenvalue weighted by Crippen LogP contribution is 2.37. The number of phenols is 1. The van der Waals surface area contributed by atoms with E-state index in [4.69, 9.17) is 4.74 Å². The first-order valence-electron chi connectivity index (χ1n) is 7.19. The van der Waals surface area contributed by atoms with Gasteiger partial charge in [0.05, 0.1) is 0 Å². The van der Waals surface area contributed by atoms with Crippen molar-refractivity contribution < 1.29 is 9.84 Å². The summed E-state index contributed by atoms with van der Waals surface area (Å²) in [4.78, 5) is 0. The minimum Gasteiger partial charge on any atom is -0.504 e. The van der Waals surface area contributed by atoms with Crippen LogP contribution in [0.4, 0.5) is 0 Å². The van der Waals surface area contributed by atoms with E-state index in [0.29, 0.717) is 11.5 Å². The summed E-state index contributed by atoms with van der Waals surface area (Å²) in [5.41, 5.74) is 0. The van der Waals surface area contributed by atoms with Gasteiger partial charge in [-0.3, -0.25) is 0 Å². The zero-order valence-electron chi connectivity index (χ0n) is 11.9. The third-order valence-electron chi connectivity index (χ3n) is 3.81. The molecule has 0 amide bonds. The molecule has 0 spiro atoms. The summed E-state index contributed by atoms with van der Waals surface area (Å²) in [6.07, 6.45) is 0. The molecule has 0 radical (unpaired) electrons. The summed E-state index contributed by atoms with van der Waals surface area (Å²) in [7, 11) is 0. The highest BCUT2D eigenvalue weighted by atomic mass is 16.5. The Labute approximate surface area is 128 Å². The molecule has 0 atom stereocenters. The average molecular weight is 286 g/mol. The van der Waals surface area contributed by atoms with Crippen molar-refractivity contribution in [3.05, 3.63) is 78.9 Å². The molecule has 0 heterocycles. The number of benzene rings is 4. The standard InChI is InChI=1S/C20H14O2/c21-20-18-8-4-3-6-15(18)10-12-19(20)22-17-11-9-14-5-1-2-7-16(14)13-17/h1-13,21H. The minimum absolute atomic E-state index is 0.172. The van der Waals surface area contributed by atoms with Crippen molar-refractivity contribution in [1.29, 1.82) is 0 Å². The first-order valence-corrected chi connectivity index (χ1v) is 7.19. The van der Waals surface area contributed by atoms with Crippen LogP contribution in [0.2, 0.25) is 0 Å². The van der Waals surface area contributed by atoms with Crippen LogP contribution in [0.1, 0.15) is 0 Å². The van der Waals surface area contributed by atoms with Gasteiger partial charge in [0, 0.05) is 5.39 Å². The molecular formula is C20H14O2. The zero-order valence-corrected chi connectivity index (χ0v) is 11.9. The molecule has 0 fully saturated rings. The lowest BCUT2D eigenvalue weighted by atomic mass is 10.1. The van der Waals surface area contributed by atoms with Crippen molar-refractivity contribution in [2.24, 2.45) is 0 Å². The van der Waals surface area contributed by atoms with E-state index in [1.807, 2.05) is 66.7 Å². The normalized spacial score (nSPS) is 10.9. The number of aromatic hydroxyl groups is 1. The van der Waals surface area contributed by atoms with E-state index >= 15 is 0 Å². The summed E-state index contributed by atoms with van der Waals surface area (Å²) in [5, 5.41) is 14.5. The molecule has 0 unspecified atom stereocenters. The summed E-state index contributed by atoms with van der Waals surface area (Å²) in [6.45, 7) is 0. The third kappa shape index (κ3) is 2.15. The second kappa shape index (κ2) is 5.08. The molecule has 22 heavy (non-hydrogen) atoms. The van der Waals surface area contributed by atoms with E-state index in [2.05, 4.69) is 6.07 Å². The number of hydrogen-bond acceptors (Lipinski definition) is 2. The van der Waals surface area contributed by atoms with Crippen molar-refractivity contribution in [2.75, 3.05) is 0 Å². The Morgan fingerprint density at radius 1 is 0.636 bits per heavy atom. The number of hydrogen-bond donors (Lipinski definition) is 1. The average Bonchev–Trinajstić information content (AvgIpc) is 2.57. The second-order valence-electron chi connectivity index (χ2n) is 5.24. The summed E-state index contributed by atoms with van der Waals surface area (Å²) in [6, 6.07) is 25.5. The van der Waals surface area contributed by atoms with Crippen molar-refractivity contribution in [3.63, 3.8) is 0 Å². The molecule has 2 heteroatoms. The van der Waals surface area contributed by atoms with E-state index in [-0.39, 0.29) is 5.75 Å². The van der Waals surface area contributed by atoms with Gasteiger partial charge >= 0.3 is 0 Å². The molecule has 0 aliphatic rings. The summed E-state index contributed by atoms with van der Waals surface area (Å²) >= 11 is 0. The van der Waals surface area contributed by atoms with Crippen LogP contribution in [0, 0.1) is 0 Å². The lowest BCUT2D eigenvalue weighted by Crippen LogP contribution is -1.86. The van der Waals surface area contributed by atoms with Gasteiger partial charge in [0.25, 0.3) is 0 Å². The SMILES string of the molecule is Oc1c(Oc2ccc3ccccc3c2)ccc2ccccc12. The summed E-state index contributed by atoms with van der Waals surface area (Å²) < 4.78 is 5.88. The molecule has 4 aromatic carbocycles. The van der Waals surface area contributed by atoms with Gasteiger partial charge in [0.15, 0.2) is 11.5 Å². The molecule has 4 aromatic rings. The molecule has 1 N–H and O–H groups in total. The fourth-order valence-electron chi connectivity index (χ4n) is 2.68. The van der Waals surface area contributed by atoms with E-state index in [0.717, 1.165) is 21.5 Å². The number of phenolic OH excluding ortho intramolecular Hbond substituents is 1. The van der Waals surface area contributed by atoms with Gasteiger partial charge in [0.1, 0.15) is 5.75 Å². The molecular weight excluding hydrogens is 272 g/mol. The Morgan fingerprint density at radius 2 is 1.32 bits per heavy atom. The Morgan fingerprint density at radius 3 is 2.18 bits per heavy atom. The smallest absolute Gasteiger partial charge is 0.169 e. The maximum absolute atomic E-state index is 10.4. The van der Waals surface area contributed by atoms with Gasteiger partial charge < -0.3 is 9.84 Å². The van der Waals surface area contributed by atoms with E-state index in [9.17, 15) is 5.11 Å². The van der Waals surface area contributed by atoms with Crippen LogP contribution in [0.25, 0.3) is 21.5 Å². The highest BCUT2D eigenvalue weighted by molar-refractivity contribution is 5.90. The maximum atomic E-state index is 10.4. The Kier molecular flexibility index (Phi) is 2.94. The van der Waals surface area contributed by atoms with E-state index in [1.165, 1.54) is 0 Å². The number of fused-ring (bicyclic) bond motifs is 2. The predicted octanol–water partition coefficient (Wildman–Crippen LogP) is 5.49. The molecule has 4 rings (SSSR count). The minimum atomic E-state index is 0.172. The van der Waals surface area contributed by atoms with Crippen molar-refractivity contribution in [1.82, 2.24) is 0 Å². The Hall–Kier alpha value is -3.00. The molecule has 0 saturated heterocycles. The van der Waals surface area contributed by atoms with Gasteiger partial charge in [-0.1, -0.05) is 60.7 Å². The largest absolute Gasteiger partial charge is 0.504 e. The van der Waals surface area contributed by atoms with Crippen molar-refractivity contribution in [2.45, 2.75) is 0 Å². The maximum Gasteiger partial charge on any atom is 0.169 e. The molecule has 0 saturated carbocycles. The predicted molar refractivity (Wildman–Crippen MR) is 89.6 cm³/mol. The quantitative estimate of drug-likeness (QED) is 0.528. The molecule has 0 aliphatic carbocycles. The fraction of sp³-hybridized carbons (Fsp3) is 0.